The Balaban J connectivity index is 2.32. The van der Waals surface area contributed by atoms with E-state index in [0.717, 1.165) is 18.5 Å². The van der Waals surface area contributed by atoms with Gasteiger partial charge in [0.15, 0.2) is 0 Å². The normalized spacial score (nSPS) is 15.8. The summed E-state index contributed by atoms with van der Waals surface area (Å²) in [5.41, 5.74) is 7.18. The summed E-state index contributed by atoms with van der Waals surface area (Å²) >= 11 is 0. The van der Waals surface area contributed by atoms with Gasteiger partial charge >= 0.3 is 0 Å². The van der Waals surface area contributed by atoms with Crippen molar-refractivity contribution in [1.29, 1.82) is 5.41 Å². The van der Waals surface area contributed by atoms with Crippen LogP contribution in [0.1, 0.15) is 31.2 Å². The Kier molecular flexibility index (Phi) is 4.15. The van der Waals surface area contributed by atoms with Crippen LogP contribution in [0.4, 0.5) is 5.69 Å². The number of nitrogens with zero attached hydrogens (tertiary/aromatic N) is 2. The van der Waals surface area contributed by atoms with Crippen molar-refractivity contribution in [3.8, 4) is 0 Å². The molecule has 1 heterocycles. The first kappa shape index (κ1) is 12.8. The minimum absolute atomic E-state index is 0.0494. The number of aliphatic hydroxyl groups is 1. The maximum atomic E-state index is 9.24. The van der Waals surface area contributed by atoms with Crippen molar-refractivity contribution >= 4 is 11.5 Å². The molecule has 0 amide bonds. The van der Waals surface area contributed by atoms with E-state index in [2.05, 4.69) is 9.88 Å². The molecule has 4 N–H and O–H groups in total. The van der Waals surface area contributed by atoms with Crippen LogP contribution in [0.15, 0.2) is 18.5 Å². The Morgan fingerprint density at radius 3 is 2.83 bits per heavy atom. The van der Waals surface area contributed by atoms with Crippen molar-refractivity contribution in [2.45, 2.75) is 31.7 Å². The third-order valence-corrected chi connectivity index (χ3v) is 3.51. The molecule has 0 atom stereocenters. The first-order chi connectivity index (χ1) is 8.74. The van der Waals surface area contributed by atoms with Crippen LogP contribution in [0.25, 0.3) is 0 Å². The largest absolute Gasteiger partial charge is 0.395 e. The molecule has 1 aromatic heterocycles. The monoisotopic (exact) mass is 248 g/mol. The van der Waals surface area contributed by atoms with Crippen LogP contribution in [0.2, 0.25) is 0 Å². The van der Waals surface area contributed by atoms with E-state index in [0.29, 0.717) is 18.2 Å². The zero-order valence-electron chi connectivity index (χ0n) is 10.5. The van der Waals surface area contributed by atoms with Crippen LogP contribution in [-0.2, 0) is 0 Å². The molecule has 1 fully saturated rings. The lowest BCUT2D eigenvalue weighted by molar-refractivity contribution is 0.297. The van der Waals surface area contributed by atoms with Gasteiger partial charge in [0.2, 0.25) is 0 Å². The Morgan fingerprint density at radius 2 is 2.22 bits per heavy atom. The highest BCUT2D eigenvalue weighted by Crippen LogP contribution is 2.29. The van der Waals surface area contributed by atoms with Gasteiger partial charge in [0, 0.05) is 24.3 Å². The van der Waals surface area contributed by atoms with Crippen molar-refractivity contribution in [3.63, 3.8) is 0 Å². The zero-order valence-corrected chi connectivity index (χ0v) is 10.5. The molecule has 0 bridgehead atoms. The molecule has 5 nitrogen and oxygen atoms in total. The number of aromatic nitrogens is 1. The lowest BCUT2D eigenvalue weighted by Crippen LogP contribution is -2.37. The second-order valence-corrected chi connectivity index (χ2v) is 4.66. The fourth-order valence-corrected chi connectivity index (χ4v) is 2.67. The molecule has 0 radical (unpaired) electrons. The number of amidine groups is 1. The second-order valence-electron chi connectivity index (χ2n) is 4.66. The van der Waals surface area contributed by atoms with E-state index >= 15 is 0 Å². The van der Waals surface area contributed by atoms with E-state index in [1.807, 2.05) is 0 Å². The molecule has 1 aliphatic carbocycles. The van der Waals surface area contributed by atoms with E-state index in [9.17, 15) is 5.11 Å². The van der Waals surface area contributed by atoms with Crippen molar-refractivity contribution < 1.29 is 5.11 Å². The molecule has 98 valence electrons. The van der Waals surface area contributed by atoms with E-state index in [-0.39, 0.29) is 12.4 Å². The highest BCUT2D eigenvalue weighted by atomic mass is 16.3. The van der Waals surface area contributed by atoms with E-state index < -0.39 is 0 Å². The molecular formula is C13H20N4O. The molecule has 5 heteroatoms. The molecule has 0 spiro atoms. The average Bonchev–Trinajstić information content (AvgIpc) is 2.89. The van der Waals surface area contributed by atoms with E-state index in [1.165, 1.54) is 12.8 Å². The summed E-state index contributed by atoms with van der Waals surface area (Å²) in [6, 6.07) is 2.19. The molecule has 0 aromatic carbocycles. The van der Waals surface area contributed by atoms with Gasteiger partial charge < -0.3 is 15.7 Å². The molecule has 18 heavy (non-hydrogen) atoms. The highest BCUT2D eigenvalue weighted by Gasteiger charge is 2.24. The predicted molar refractivity (Wildman–Crippen MR) is 71.9 cm³/mol. The van der Waals surface area contributed by atoms with Crippen molar-refractivity contribution in [1.82, 2.24) is 4.98 Å². The molecule has 0 saturated heterocycles. The summed E-state index contributed by atoms with van der Waals surface area (Å²) < 4.78 is 0. The first-order valence-corrected chi connectivity index (χ1v) is 6.40. The minimum atomic E-state index is 0.0494. The maximum Gasteiger partial charge on any atom is 0.125 e. The topological polar surface area (TPSA) is 86.2 Å². The van der Waals surface area contributed by atoms with Crippen molar-refractivity contribution in [2.24, 2.45) is 5.73 Å². The van der Waals surface area contributed by atoms with Crippen LogP contribution >= 0.6 is 0 Å². The lowest BCUT2D eigenvalue weighted by Gasteiger charge is -2.31. The molecule has 0 unspecified atom stereocenters. The molecular weight excluding hydrogens is 228 g/mol. The number of hydrogen-bond donors (Lipinski definition) is 3. The van der Waals surface area contributed by atoms with Crippen molar-refractivity contribution in [3.05, 3.63) is 24.0 Å². The summed E-state index contributed by atoms with van der Waals surface area (Å²) in [6.07, 6.45) is 8.10. The zero-order chi connectivity index (χ0) is 13.0. The third-order valence-electron chi connectivity index (χ3n) is 3.51. The van der Waals surface area contributed by atoms with Gasteiger partial charge in [-0.15, -0.1) is 0 Å². The van der Waals surface area contributed by atoms with Gasteiger partial charge in [-0.1, -0.05) is 12.8 Å². The Bertz CT molecular complexity index is 415. The fraction of sp³-hybridized carbons (Fsp3) is 0.538. The van der Waals surface area contributed by atoms with Gasteiger partial charge in [-0.05, 0) is 18.9 Å². The van der Waals surface area contributed by atoms with Crippen LogP contribution in [-0.4, -0.2) is 35.1 Å². The Hall–Kier alpha value is -1.62. The quantitative estimate of drug-likeness (QED) is 0.538. The maximum absolute atomic E-state index is 9.24. The summed E-state index contributed by atoms with van der Waals surface area (Å²) in [4.78, 5) is 6.28. The average molecular weight is 248 g/mol. The summed E-state index contributed by atoms with van der Waals surface area (Å²) in [6.45, 7) is 0.666. The first-order valence-electron chi connectivity index (χ1n) is 6.40. The standard InChI is InChI=1S/C13H20N4O/c14-13(15)11-5-6-16-9-12(11)17(7-8-18)10-3-1-2-4-10/h5-6,9-10,18H,1-4,7-8H2,(H3,14,15). The van der Waals surface area contributed by atoms with Crippen LogP contribution < -0.4 is 10.6 Å². The molecule has 2 rings (SSSR count). The number of hydrogen-bond acceptors (Lipinski definition) is 4. The molecule has 1 aliphatic rings. The summed E-state index contributed by atoms with van der Waals surface area (Å²) in [5, 5.41) is 16.9. The molecule has 0 aliphatic heterocycles. The molecule has 1 saturated carbocycles. The van der Waals surface area contributed by atoms with Crippen molar-refractivity contribution in [2.75, 3.05) is 18.1 Å². The second kappa shape index (κ2) is 5.82. The third kappa shape index (κ3) is 2.61. The van der Waals surface area contributed by atoms with Gasteiger partial charge in [-0.3, -0.25) is 10.4 Å². The summed E-state index contributed by atoms with van der Waals surface area (Å²) in [5.74, 6) is 0.0494. The number of nitrogens with two attached hydrogens (primary N) is 1. The van der Waals surface area contributed by atoms with Gasteiger partial charge in [-0.2, -0.15) is 0 Å². The minimum Gasteiger partial charge on any atom is -0.395 e. The SMILES string of the molecule is N=C(N)c1ccncc1N(CCO)C1CCCC1. The van der Waals surface area contributed by atoms with Gasteiger partial charge in [-0.25, -0.2) is 0 Å². The van der Waals surface area contributed by atoms with Gasteiger partial charge in [0.1, 0.15) is 5.84 Å². The lowest BCUT2D eigenvalue weighted by atomic mass is 10.1. The highest BCUT2D eigenvalue weighted by molar-refractivity contribution is 6.00. The smallest absolute Gasteiger partial charge is 0.125 e. The van der Waals surface area contributed by atoms with Crippen LogP contribution in [0, 0.1) is 5.41 Å². The number of nitrogen functional groups attached to an aromatic ring is 1. The van der Waals surface area contributed by atoms with Gasteiger partial charge in [0.25, 0.3) is 0 Å². The number of nitrogens with one attached hydrogen (secondary N) is 1. The summed E-state index contributed by atoms with van der Waals surface area (Å²) in [7, 11) is 0. The van der Waals surface area contributed by atoms with Gasteiger partial charge in [0.05, 0.1) is 18.5 Å². The van der Waals surface area contributed by atoms with E-state index in [1.54, 1.807) is 18.5 Å². The number of rotatable bonds is 5. The predicted octanol–water partition coefficient (Wildman–Crippen LogP) is 1.11. The number of anilines is 1. The Morgan fingerprint density at radius 1 is 1.50 bits per heavy atom. The van der Waals surface area contributed by atoms with Crippen LogP contribution in [0.3, 0.4) is 0 Å². The fourth-order valence-electron chi connectivity index (χ4n) is 2.67. The van der Waals surface area contributed by atoms with E-state index in [4.69, 9.17) is 11.1 Å². The number of pyridine rings is 1. The Labute approximate surface area is 107 Å². The molecule has 1 aromatic rings. The number of aliphatic hydroxyl groups excluding tert-OH is 1. The van der Waals surface area contributed by atoms with Crippen LogP contribution in [0.5, 0.6) is 0 Å².